The lowest BCUT2D eigenvalue weighted by atomic mass is 10.2. The summed E-state index contributed by atoms with van der Waals surface area (Å²) in [5.41, 5.74) is 4.87. The van der Waals surface area contributed by atoms with E-state index in [0.717, 1.165) is 30.9 Å². The second kappa shape index (κ2) is 5.29. The number of hydrogen-bond acceptors (Lipinski definition) is 4. The van der Waals surface area contributed by atoms with Gasteiger partial charge in [-0.1, -0.05) is 18.2 Å². The van der Waals surface area contributed by atoms with E-state index in [9.17, 15) is 0 Å². The van der Waals surface area contributed by atoms with E-state index in [1.165, 1.54) is 23.4 Å². The third-order valence-corrected chi connectivity index (χ3v) is 4.11. The number of hydrogen-bond donors (Lipinski definition) is 1. The predicted octanol–water partition coefficient (Wildman–Crippen LogP) is 2.10. The monoisotopic (exact) mass is 294 g/mol. The van der Waals surface area contributed by atoms with Crippen molar-refractivity contribution < 1.29 is 0 Å². The van der Waals surface area contributed by atoms with Crippen LogP contribution >= 0.6 is 0 Å². The Kier molecular flexibility index (Phi) is 3.14. The fraction of sp³-hybridized carbons (Fsp3) is 0.312. The lowest BCUT2D eigenvalue weighted by Crippen LogP contribution is -2.08. The fourth-order valence-electron chi connectivity index (χ4n) is 3.01. The van der Waals surface area contributed by atoms with Crippen molar-refractivity contribution in [2.45, 2.75) is 25.8 Å². The van der Waals surface area contributed by atoms with Crippen molar-refractivity contribution in [3.8, 4) is 5.69 Å². The van der Waals surface area contributed by atoms with Crippen LogP contribution in [0, 0.1) is 0 Å². The van der Waals surface area contributed by atoms with Gasteiger partial charge in [0, 0.05) is 7.05 Å². The average molecular weight is 294 g/mol. The molecule has 0 unspecified atom stereocenters. The molecule has 1 N–H and O–H groups in total. The maximum atomic E-state index is 4.59. The van der Waals surface area contributed by atoms with Gasteiger partial charge in [-0.15, -0.1) is 9.90 Å². The molecule has 0 amide bonds. The van der Waals surface area contributed by atoms with Crippen molar-refractivity contribution in [3.63, 3.8) is 0 Å². The van der Waals surface area contributed by atoms with Crippen LogP contribution in [0.1, 0.15) is 23.4 Å². The third-order valence-electron chi connectivity index (χ3n) is 4.11. The average Bonchev–Trinajstić information content (AvgIpc) is 3.23. The molecule has 0 bridgehead atoms. The molecule has 0 radical (unpaired) electrons. The molecule has 0 atom stereocenters. The summed E-state index contributed by atoms with van der Waals surface area (Å²) in [7, 11) is 2.01. The number of benzene rings is 1. The van der Waals surface area contributed by atoms with Crippen molar-refractivity contribution in [1.82, 2.24) is 24.8 Å². The first-order valence-corrected chi connectivity index (χ1v) is 7.56. The standard InChI is InChI=1S/C16H18N6/c1-21-15(13-8-5-9-14(13)19-21)10-17-16-11-18-22(20-16)12-6-3-2-4-7-12/h2-4,6-7,11H,5,8-10H2,1H3,(H,17,20). The minimum Gasteiger partial charge on any atom is -0.362 e. The van der Waals surface area contributed by atoms with Crippen molar-refractivity contribution in [1.29, 1.82) is 0 Å². The van der Waals surface area contributed by atoms with Crippen molar-refractivity contribution in [2.75, 3.05) is 5.32 Å². The number of fused-ring (bicyclic) bond motifs is 1. The van der Waals surface area contributed by atoms with Gasteiger partial charge in [0.2, 0.25) is 0 Å². The molecule has 1 aliphatic carbocycles. The van der Waals surface area contributed by atoms with Crippen LogP contribution in [0.3, 0.4) is 0 Å². The van der Waals surface area contributed by atoms with E-state index in [4.69, 9.17) is 0 Å². The highest BCUT2D eigenvalue weighted by atomic mass is 15.5. The molecule has 0 saturated heterocycles. The summed E-state index contributed by atoms with van der Waals surface area (Å²) in [6.07, 6.45) is 5.21. The minimum atomic E-state index is 0.728. The van der Waals surface area contributed by atoms with Crippen LogP contribution in [0.25, 0.3) is 5.69 Å². The van der Waals surface area contributed by atoms with Gasteiger partial charge in [0.25, 0.3) is 0 Å². The first-order chi connectivity index (χ1) is 10.8. The smallest absolute Gasteiger partial charge is 0.169 e. The molecule has 4 rings (SSSR count). The molecule has 0 fully saturated rings. The number of aryl methyl sites for hydroxylation is 2. The molecular weight excluding hydrogens is 276 g/mol. The summed E-state index contributed by atoms with van der Waals surface area (Å²) in [4.78, 5) is 1.63. The van der Waals surface area contributed by atoms with Gasteiger partial charge in [-0.2, -0.15) is 10.2 Å². The van der Waals surface area contributed by atoms with Gasteiger partial charge in [0.15, 0.2) is 5.82 Å². The molecule has 2 aromatic heterocycles. The van der Waals surface area contributed by atoms with Gasteiger partial charge in [-0.05, 0) is 37.0 Å². The molecule has 1 aromatic carbocycles. The van der Waals surface area contributed by atoms with E-state index in [1.807, 2.05) is 42.1 Å². The molecule has 22 heavy (non-hydrogen) atoms. The number of para-hydroxylation sites is 1. The van der Waals surface area contributed by atoms with Gasteiger partial charge in [-0.25, -0.2) is 0 Å². The van der Waals surface area contributed by atoms with Gasteiger partial charge < -0.3 is 5.32 Å². The molecule has 1 aliphatic rings. The van der Waals surface area contributed by atoms with Crippen LogP contribution in [0.15, 0.2) is 36.5 Å². The van der Waals surface area contributed by atoms with Crippen LogP contribution in [-0.2, 0) is 26.4 Å². The zero-order valence-corrected chi connectivity index (χ0v) is 12.5. The second-order valence-corrected chi connectivity index (χ2v) is 5.56. The van der Waals surface area contributed by atoms with Crippen LogP contribution in [0.5, 0.6) is 0 Å². The Morgan fingerprint density at radius 1 is 1.14 bits per heavy atom. The summed E-state index contributed by atoms with van der Waals surface area (Å²) in [5, 5.41) is 16.7. The summed E-state index contributed by atoms with van der Waals surface area (Å²) in [6.45, 7) is 0.728. The lowest BCUT2D eigenvalue weighted by Gasteiger charge is -2.05. The van der Waals surface area contributed by atoms with Gasteiger partial charge in [0.1, 0.15) is 0 Å². The molecule has 0 aliphatic heterocycles. The van der Waals surface area contributed by atoms with Crippen LogP contribution < -0.4 is 5.32 Å². The van der Waals surface area contributed by atoms with Gasteiger partial charge in [-0.3, -0.25) is 4.68 Å². The first kappa shape index (κ1) is 13.1. The Morgan fingerprint density at radius 3 is 2.86 bits per heavy atom. The van der Waals surface area contributed by atoms with E-state index >= 15 is 0 Å². The Labute approximate surface area is 128 Å². The highest BCUT2D eigenvalue weighted by molar-refractivity contribution is 5.37. The van der Waals surface area contributed by atoms with E-state index in [0.29, 0.717) is 0 Å². The van der Waals surface area contributed by atoms with Gasteiger partial charge >= 0.3 is 0 Å². The topological polar surface area (TPSA) is 60.6 Å². The molecular formula is C16H18N6. The van der Waals surface area contributed by atoms with E-state index in [1.54, 1.807) is 11.0 Å². The summed E-state index contributed by atoms with van der Waals surface area (Å²) in [5.74, 6) is 0.775. The Morgan fingerprint density at radius 2 is 2.00 bits per heavy atom. The maximum absolute atomic E-state index is 4.59. The summed E-state index contributed by atoms with van der Waals surface area (Å²) < 4.78 is 1.98. The molecule has 0 saturated carbocycles. The number of rotatable bonds is 4. The molecule has 6 heteroatoms. The number of nitrogens with one attached hydrogen (secondary N) is 1. The van der Waals surface area contributed by atoms with Crippen LogP contribution in [0.4, 0.5) is 5.82 Å². The number of nitrogens with zero attached hydrogens (tertiary/aromatic N) is 5. The molecule has 0 spiro atoms. The molecule has 112 valence electrons. The highest BCUT2D eigenvalue weighted by Crippen LogP contribution is 2.24. The Bertz CT molecular complexity index is 786. The zero-order valence-electron chi connectivity index (χ0n) is 12.5. The molecule has 6 nitrogen and oxygen atoms in total. The van der Waals surface area contributed by atoms with E-state index in [2.05, 4.69) is 20.6 Å². The van der Waals surface area contributed by atoms with Gasteiger partial charge in [0.05, 0.1) is 29.8 Å². The summed E-state index contributed by atoms with van der Waals surface area (Å²) in [6, 6.07) is 9.90. The first-order valence-electron chi connectivity index (χ1n) is 7.56. The molecule has 3 aromatic rings. The normalized spacial score (nSPS) is 13.3. The largest absolute Gasteiger partial charge is 0.362 e. The Hall–Kier alpha value is -2.63. The van der Waals surface area contributed by atoms with Crippen molar-refractivity contribution in [3.05, 3.63) is 53.5 Å². The molecule has 2 heterocycles. The van der Waals surface area contributed by atoms with E-state index in [-0.39, 0.29) is 0 Å². The number of anilines is 1. The highest BCUT2D eigenvalue weighted by Gasteiger charge is 2.20. The van der Waals surface area contributed by atoms with Crippen molar-refractivity contribution in [2.24, 2.45) is 7.05 Å². The van der Waals surface area contributed by atoms with Crippen molar-refractivity contribution >= 4 is 5.82 Å². The summed E-state index contributed by atoms with van der Waals surface area (Å²) >= 11 is 0. The Balaban J connectivity index is 1.50. The number of aromatic nitrogens is 5. The minimum absolute atomic E-state index is 0.728. The van der Waals surface area contributed by atoms with Crippen LogP contribution in [-0.4, -0.2) is 24.8 Å². The fourth-order valence-corrected chi connectivity index (χ4v) is 3.01. The zero-order chi connectivity index (χ0) is 14.9. The quantitative estimate of drug-likeness (QED) is 0.800. The third kappa shape index (κ3) is 2.26. The second-order valence-electron chi connectivity index (χ2n) is 5.56. The SMILES string of the molecule is Cn1nc2c(c1CNc1cnn(-c3ccccc3)n1)CCC2. The lowest BCUT2D eigenvalue weighted by molar-refractivity contribution is 0.687. The maximum Gasteiger partial charge on any atom is 0.169 e. The predicted molar refractivity (Wildman–Crippen MR) is 83.9 cm³/mol. The van der Waals surface area contributed by atoms with Crippen LogP contribution in [0.2, 0.25) is 0 Å². The van der Waals surface area contributed by atoms with E-state index < -0.39 is 0 Å².